The molecule has 1 aliphatic rings. The van der Waals surface area contributed by atoms with Crippen molar-refractivity contribution in [3.8, 4) is 0 Å². The van der Waals surface area contributed by atoms with Gasteiger partial charge in [-0.15, -0.1) is 0 Å². The highest BCUT2D eigenvalue weighted by molar-refractivity contribution is 6.24. The SMILES string of the molecule is O=C(CCC(=Nc1ccccc1)C1=C(O)CNC1=O)NNc1ccccc1F. The van der Waals surface area contributed by atoms with Crippen LogP contribution in [0.4, 0.5) is 15.8 Å². The zero-order valence-electron chi connectivity index (χ0n) is 14.9. The maximum atomic E-state index is 13.6. The van der Waals surface area contributed by atoms with E-state index in [1.165, 1.54) is 12.1 Å². The lowest BCUT2D eigenvalue weighted by Crippen LogP contribution is -2.30. The molecule has 0 aromatic heterocycles. The molecule has 0 spiro atoms. The monoisotopic (exact) mass is 382 g/mol. The molecular formula is C20H19FN4O3. The van der Waals surface area contributed by atoms with Crippen molar-refractivity contribution in [2.24, 2.45) is 4.99 Å². The summed E-state index contributed by atoms with van der Waals surface area (Å²) in [6.45, 7) is 0.0308. The summed E-state index contributed by atoms with van der Waals surface area (Å²) in [4.78, 5) is 28.6. The minimum atomic E-state index is -0.494. The van der Waals surface area contributed by atoms with Crippen LogP contribution in [0.5, 0.6) is 0 Å². The summed E-state index contributed by atoms with van der Waals surface area (Å²) >= 11 is 0. The topological polar surface area (TPSA) is 103 Å². The Bertz CT molecular complexity index is 941. The number of para-hydroxylation sites is 2. The molecule has 0 aliphatic carbocycles. The van der Waals surface area contributed by atoms with Crippen LogP contribution in [-0.4, -0.2) is 29.2 Å². The van der Waals surface area contributed by atoms with Gasteiger partial charge in [0.25, 0.3) is 5.91 Å². The van der Waals surface area contributed by atoms with Gasteiger partial charge in [0.05, 0.1) is 23.6 Å². The zero-order chi connectivity index (χ0) is 19.9. The van der Waals surface area contributed by atoms with E-state index in [9.17, 15) is 19.1 Å². The van der Waals surface area contributed by atoms with Crippen LogP contribution in [0.1, 0.15) is 12.8 Å². The maximum absolute atomic E-state index is 13.6. The fraction of sp³-hybridized carbons (Fsp3) is 0.150. The predicted molar refractivity (Wildman–Crippen MR) is 104 cm³/mol. The van der Waals surface area contributed by atoms with Crippen molar-refractivity contribution < 1.29 is 19.1 Å². The van der Waals surface area contributed by atoms with E-state index < -0.39 is 17.6 Å². The zero-order valence-corrected chi connectivity index (χ0v) is 14.9. The second-order valence-corrected chi connectivity index (χ2v) is 6.05. The molecular weight excluding hydrogens is 363 g/mol. The Hall–Kier alpha value is -3.68. The first-order valence-corrected chi connectivity index (χ1v) is 8.67. The summed E-state index contributed by atoms with van der Waals surface area (Å²) in [5.74, 6) is -1.45. The molecule has 0 fully saturated rings. The molecule has 0 bridgehead atoms. The molecule has 0 unspecified atom stereocenters. The molecule has 144 valence electrons. The number of amides is 2. The van der Waals surface area contributed by atoms with Crippen molar-refractivity contribution >= 4 is 28.9 Å². The normalized spacial score (nSPS) is 14.0. The summed E-state index contributed by atoms with van der Waals surface area (Å²) in [6, 6.07) is 14.9. The summed E-state index contributed by atoms with van der Waals surface area (Å²) in [6.07, 6.45) is 0.101. The molecule has 0 saturated heterocycles. The smallest absolute Gasteiger partial charge is 0.257 e. The maximum Gasteiger partial charge on any atom is 0.257 e. The van der Waals surface area contributed by atoms with Crippen molar-refractivity contribution in [3.63, 3.8) is 0 Å². The molecule has 1 aliphatic heterocycles. The van der Waals surface area contributed by atoms with Crippen LogP contribution in [0, 0.1) is 5.82 Å². The lowest BCUT2D eigenvalue weighted by molar-refractivity contribution is -0.120. The quantitative estimate of drug-likeness (QED) is 0.437. The Balaban J connectivity index is 1.69. The minimum absolute atomic E-state index is 0.0167. The number of hydrazine groups is 1. The number of hydrogen-bond acceptors (Lipinski definition) is 5. The second kappa shape index (κ2) is 8.81. The average molecular weight is 382 g/mol. The van der Waals surface area contributed by atoms with Crippen LogP contribution in [0.15, 0.2) is 70.9 Å². The van der Waals surface area contributed by atoms with Gasteiger partial charge in [-0.3, -0.25) is 25.4 Å². The first-order chi connectivity index (χ1) is 13.5. The average Bonchev–Trinajstić information content (AvgIpc) is 3.03. The van der Waals surface area contributed by atoms with E-state index >= 15 is 0 Å². The molecule has 2 amide bonds. The molecule has 2 aromatic carbocycles. The Morgan fingerprint density at radius 3 is 2.50 bits per heavy atom. The van der Waals surface area contributed by atoms with E-state index in [2.05, 4.69) is 21.2 Å². The van der Waals surface area contributed by atoms with Crippen molar-refractivity contribution in [2.45, 2.75) is 12.8 Å². The van der Waals surface area contributed by atoms with E-state index in [0.29, 0.717) is 11.4 Å². The van der Waals surface area contributed by atoms with Gasteiger partial charge in [-0.1, -0.05) is 30.3 Å². The summed E-state index contributed by atoms with van der Waals surface area (Å²) in [5.41, 5.74) is 6.06. The molecule has 3 rings (SSSR count). The molecule has 0 atom stereocenters. The number of nitrogens with one attached hydrogen (secondary N) is 3. The minimum Gasteiger partial charge on any atom is -0.510 e. The number of rotatable bonds is 7. The van der Waals surface area contributed by atoms with E-state index in [4.69, 9.17) is 0 Å². The van der Waals surface area contributed by atoms with Crippen molar-refractivity contribution in [2.75, 3.05) is 12.0 Å². The molecule has 0 saturated carbocycles. The number of halogens is 1. The first kappa shape index (κ1) is 19.1. The van der Waals surface area contributed by atoms with Crippen LogP contribution in [0.25, 0.3) is 0 Å². The van der Waals surface area contributed by atoms with Crippen molar-refractivity contribution in [1.29, 1.82) is 0 Å². The number of nitrogens with zero attached hydrogens (tertiary/aromatic N) is 1. The van der Waals surface area contributed by atoms with E-state index in [1.54, 1.807) is 36.4 Å². The molecule has 0 radical (unpaired) electrons. The molecule has 28 heavy (non-hydrogen) atoms. The third-order valence-corrected chi connectivity index (χ3v) is 4.04. The molecule has 1 heterocycles. The highest BCUT2D eigenvalue weighted by Crippen LogP contribution is 2.19. The van der Waals surface area contributed by atoms with E-state index in [0.717, 1.165) is 0 Å². The van der Waals surface area contributed by atoms with Gasteiger partial charge >= 0.3 is 0 Å². The van der Waals surface area contributed by atoms with Gasteiger partial charge in [-0.25, -0.2) is 4.39 Å². The summed E-state index contributed by atoms with van der Waals surface area (Å²) < 4.78 is 13.6. The van der Waals surface area contributed by atoms with Gasteiger partial charge in [0.2, 0.25) is 5.91 Å². The van der Waals surface area contributed by atoms with Crippen LogP contribution in [0.2, 0.25) is 0 Å². The Kier molecular flexibility index (Phi) is 6.01. The van der Waals surface area contributed by atoms with E-state index in [-0.39, 0.29) is 36.4 Å². The number of anilines is 1. The van der Waals surface area contributed by atoms with Gasteiger partial charge in [-0.2, -0.15) is 0 Å². The van der Waals surface area contributed by atoms with Gasteiger partial charge in [-0.05, 0) is 30.7 Å². The van der Waals surface area contributed by atoms with Crippen molar-refractivity contribution in [1.82, 2.24) is 10.7 Å². The number of carbonyl (C=O) groups excluding carboxylic acids is 2. The van der Waals surface area contributed by atoms with Crippen LogP contribution in [0.3, 0.4) is 0 Å². The number of aliphatic imine (C=N–C) groups is 1. The van der Waals surface area contributed by atoms with Crippen molar-refractivity contribution in [3.05, 3.63) is 71.7 Å². The third kappa shape index (κ3) is 4.73. The van der Waals surface area contributed by atoms with E-state index in [1.807, 2.05) is 6.07 Å². The highest BCUT2D eigenvalue weighted by atomic mass is 19.1. The standard InChI is InChI=1S/C20H19FN4O3/c21-14-8-4-5-9-15(14)24-25-18(27)11-10-16(19-17(26)12-22-20(19)28)23-13-6-2-1-3-7-13/h1-9,24,26H,10-12H2,(H,22,28)(H,25,27). The first-order valence-electron chi connectivity index (χ1n) is 8.67. The molecule has 7 nitrogen and oxygen atoms in total. The molecule has 2 aromatic rings. The number of benzene rings is 2. The number of hydrogen-bond donors (Lipinski definition) is 4. The van der Waals surface area contributed by atoms with Crippen LogP contribution >= 0.6 is 0 Å². The molecule has 4 N–H and O–H groups in total. The number of aliphatic hydroxyl groups is 1. The third-order valence-electron chi connectivity index (χ3n) is 4.04. The second-order valence-electron chi connectivity index (χ2n) is 6.05. The Morgan fingerprint density at radius 1 is 1.11 bits per heavy atom. The van der Waals surface area contributed by atoms with Crippen LogP contribution < -0.4 is 16.2 Å². The van der Waals surface area contributed by atoms with Gasteiger partial charge in [0.1, 0.15) is 17.1 Å². The highest BCUT2D eigenvalue weighted by Gasteiger charge is 2.27. The largest absolute Gasteiger partial charge is 0.510 e. The van der Waals surface area contributed by atoms with Gasteiger partial charge < -0.3 is 10.4 Å². The van der Waals surface area contributed by atoms with Crippen LogP contribution in [-0.2, 0) is 9.59 Å². The lowest BCUT2D eigenvalue weighted by atomic mass is 10.0. The molecule has 8 heteroatoms. The fourth-order valence-electron chi connectivity index (χ4n) is 2.66. The number of carbonyl (C=O) groups is 2. The Labute approximate surface area is 161 Å². The Morgan fingerprint density at radius 2 is 1.82 bits per heavy atom. The lowest BCUT2D eigenvalue weighted by Gasteiger charge is -2.10. The predicted octanol–water partition coefficient (Wildman–Crippen LogP) is 2.76. The number of aliphatic hydroxyl groups excluding tert-OH is 1. The fourth-order valence-corrected chi connectivity index (χ4v) is 2.66. The van der Waals surface area contributed by atoms with Gasteiger partial charge in [0, 0.05) is 6.42 Å². The van der Waals surface area contributed by atoms with Gasteiger partial charge in [0.15, 0.2) is 0 Å². The summed E-state index contributed by atoms with van der Waals surface area (Å²) in [7, 11) is 0. The summed E-state index contributed by atoms with van der Waals surface area (Å²) in [5, 5.41) is 12.5.